The van der Waals surface area contributed by atoms with Gasteiger partial charge in [0.05, 0.1) is 7.11 Å². The van der Waals surface area contributed by atoms with Crippen molar-refractivity contribution in [1.29, 1.82) is 0 Å². The minimum atomic E-state index is -0.423. The molecule has 0 aliphatic carbocycles. The predicted octanol–water partition coefficient (Wildman–Crippen LogP) is 4.28. The number of aryl methyl sites for hydroxylation is 1. The molecule has 1 saturated heterocycles. The Morgan fingerprint density at radius 3 is 2.70 bits per heavy atom. The van der Waals surface area contributed by atoms with Crippen LogP contribution in [0.2, 0.25) is 5.15 Å². The molecule has 0 atom stereocenters. The Balaban J connectivity index is 1.70. The van der Waals surface area contributed by atoms with Gasteiger partial charge in [-0.15, -0.1) is 0 Å². The number of halogens is 1. The van der Waals surface area contributed by atoms with Gasteiger partial charge < -0.3 is 9.64 Å². The molecule has 0 spiro atoms. The molecule has 0 radical (unpaired) electrons. The Morgan fingerprint density at radius 2 is 2.04 bits per heavy atom. The normalized spacial score (nSPS) is 15.7. The summed E-state index contributed by atoms with van der Waals surface area (Å²) in [6, 6.07) is 8.59. The van der Waals surface area contributed by atoms with E-state index >= 15 is 0 Å². The molecule has 1 aliphatic heterocycles. The molecule has 122 valence electrons. The van der Waals surface area contributed by atoms with Crippen molar-refractivity contribution >= 4 is 34.0 Å². The monoisotopic (exact) mass is 350 g/mol. The van der Waals surface area contributed by atoms with Crippen molar-refractivity contribution in [2.75, 3.05) is 25.1 Å². The van der Waals surface area contributed by atoms with Gasteiger partial charge in [-0.3, -0.25) is 0 Å². The van der Waals surface area contributed by atoms with Crippen LogP contribution in [-0.4, -0.2) is 31.2 Å². The minimum absolute atomic E-state index is 0.234. The summed E-state index contributed by atoms with van der Waals surface area (Å²) in [6.45, 7) is 4.01. The molecule has 0 bridgehead atoms. The maximum atomic E-state index is 11.7. The van der Waals surface area contributed by atoms with Crippen LogP contribution in [0.25, 0.3) is 0 Å². The fourth-order valence-corrected chi connectivity index (χ4v) is 4.32. The van der Waals surface area contributed by atoms with E-state index < -0.39 is 5.97 Å². The number of aromatic nitrogens is 1. The molecular formula is C17H19ClN2O2S. The Bertz CT molecular complexity index is 708. The quantitative estimate of drug-likeness (QED) is 0.775. The number of benzene rings is 1. The number of methoxy groups -OCH3 is 1. The van der Waals surface area contributed by atoms with E-state index in [0.29, 0.717) is 10.8 Å². The molecule has 1 fully saturated rings. The van der Waals surface area contributed by atoms with Gasteiger partial charge in [0.15, 0.2) is 15.2 Å². The molecule has 23 heavy (non-hydrogen) atoms. The topological polar surface area (TPSA) is 42.4 Å². The van der Waals surface area contributed by atoms with Crippen molar-refractivity contribution in [2.24, 2.45) is 0 Å². The zero-order valence-electron chi connectivity index (χ0n) is 13.2. The number of carbonyl (C=O) groups excluding carboxylic acids is 1. The van der Waals surface area contributed by atoms with Crippen LogP contribution in [0.4, 0.5) is 5.13 Å². The third kappa shape index (κ3) is 3.35. The summed E-state index contributed by atoms with van der Waals surface area (Å²) in [7, 11) is 1.35. The highest BCUT2D eigenvalue weighted by atomic mass is 35.5. The smallest absolute Gasteiger partial charge is 0.351 e. The summed E-state index contributed by atoms with van der Waals surface area (Å²) in [4.78, 5) is 18.6. The van der Waals surface area contributed by atoms with Crippen molar-refractivity contribution in [3.63, 3.8) is 0 Å². The van der Waals surface area contributed by atoms with Crippen LogP contribution in [0.1, 0.15) is 39.6 Å². The fourth-order valence-electron chi connectivity index (χ4n) is 3.07. The van der Waals surface area contributed by atoms with E-state index in [-0.39, 0.29) is 5.15 Å². The molecule has 1 aliphatic rings. The van der Waals surface area contributed by atoms with E-state index in [1.165, 1.54) is 29.6 Å². The molecule has 2 heterocycles. The van der Waals surface area contributed by atoms with Gasteiger partial charge in [-0.2, -0.15) is 0 Å². The summed E-state index contributed by atoms with van der Waals surface area (Å²) in [5.41, 5.74) is 2.80. The second kappa shape index (κ2) is 6.89. The number of rotatable bonds is 3. The van der Waals surface area contributed by atoms with E-state index in [2.05, 4.69) is 41.1 Å². The molecule has 6 heteroatoms. The second-order valence-corrected chi connectivity index (χ2v) is 7.06. The number of anilines is 1. The number of ether oxygens (including phenoxy) is 1. The molecule has 0 N–H and O–H groups in total. The van der Waals surface area contributed by atoms with Crippen LogP contribution in [0.5, 0.6) is 0 Å². The van der Waals surface area contributed by atoms with Gasteiger partial charge in [0.2, 0.25) is 0 Å². The van der Waals surface area contributed by atoms with E-state index in [1.54, 1.807) is 0 Å². The van der Waals surface area contributed by atoms with Gasteiger partial charge in [0.1, 0.15) is 0 Å². The predicted molar refractivity (Wildman–Crippen MR) is 93.8 cm³/mol. The average molecular weight is 351 g/mol. The van der Waals surface area contributed by atoms with Crippen LogP contribution < -0.4 is 4.90 Å². The van der Waals surface area contributed by atoms with Gasteiger partial charge in [-0.1, -0.05) is 47.2 Å². The Labute approximate surface area is 145 Å². The summed E-state index contributed by atoms with van der Waals surface area (Å²) in [5, 5.41) is 1.04. The van der Waals surface area contributed by atoms with Crippen molar-refractivity contribution in [2.45, 2.75) is 25.7 Å². The number of hydrogen-bond donors (Lipinski definition) is 0. The lowest BCUT2D eigenvalue weighted by molar-refractivity contribution is 0.0606. The molecule has 0 amide bonds. The van der Waals surface area contributed by atoms with Gasteiger partial charge in [0.25, 0.3) is 0 Å². The standard InChI is InChI=1S/C17H19ClN2O2S/c1-11-5-3-4-6-13(11)12-7-9-20(10-8-12)17-19-15(18)14(23-17)16(21)22-2/h3-6,12H,7-10H2,1-2H3. The van der Waals surface area contributed by atoms with Crippen molar-refractivity contribution in [3.05, 3.63) is 45.4 Å². The van der Waals surface area contributed by atoms with E-state index in [0.717, 1.165) is 31.1 Å². The van der Waals surface area contributed by atoms with E-state index in [9.17, 15) is 4.79 Å². The zero-order chi connectivity index (χ0) is 16.4. The van der Waals surface area contributed by atoms with Crippen molar-refractivity contribution in [3.8, 4) is 0 Å². The molecule has 0 saturated carbocycles. The lowest BCUT2D eigenvalue weighted by Crippen LogP contribution is -2.32. The van der Waals surface area contributed by atoms with Crippen molar-refractivity contribution in [1.82, 2.24) is 4.98 Å². The summed E-state index contributed by atoms with van der Waals surface area (Å²) >= 11 is 7.36. The van der Waals surface area contributed by atoms with Crippen LogP contribution >= 0.6 is 22.9 Å². The minimum Gasteiger partial charge on any atom is -0.465 e. The highest BCUT2D eigenvalue weighted by Gasteiger charge is 2.26. The summed E-state index contributed by atoms with van der Waals surface area (Å²) in [6.07, 6.45) is 2.16. The third-order valence-corrected chi connectivity index (χ3v) is 5.82. The summed E-state index contributed by atoms with van der Waals surface area (Å²) in [5.74, 6) is 0.163. The summed E-state index contributed by atoms with van der Waals surface area (Å²) < 4.78 is 4.73. The van der Waals surface area contributed by atoms with Gasteiger partial charge in [-0.05, 0) is 36.8 Å². The molecular weight excluding hydrogens is 332 g/mol. The SMILES string of the molecule is COC(=O)c1sc(N2CCC(c3ccccc3C)CC2)nc1Cl. The number of hydrogen-bond acceptors (Lipinski definition) is 5. The molecule has 1 aromatic heterocycles. The zero-order valence-corrected chi connectivity index (χ0v) is 14.8. The maximum absolute atomic E-state index is 11.7. The highest BCUT2D eigenvalue weighted by Crippen LogP contribution is 2.35. The van der Waals surface area contributed by atoms with Crippen LogP contribution in [0.3, 0.4) is 0 Å². The van der Waals surface area contributed by atoms with Crippen LogP contribution in [-0.2, 0) is 4.74 Å². The van der Waals surface area contributed by atoms with Crippen LogP contribution in [0.15, 0.2) is 24.3 Å². The first-order chi connectivity index (χ1) is 11.1. The lowest BCUT2D eigenvalue weighted by Gasteiger charge is -2.32. The van der Waals surface area contributed by atoms with Crippen LogP contribution in [0, 0.1) is 6.92 Å². The van der Waals surface area contributed by atoms with Gasteiger partial charge >= 0.3 is 5.97 Å². The van der Waals surface area contributed by atoms with Gasteiger partial charge in [-0.25, -0.2) is 9.78 Å². The molecule has 1 aromatic carbocycles. The Hall–Kier alpha value is -1.59. The Morgan fingerprint density at radius 1 is 1.35 bits per heavy atom. The van der Waals surface area contributed by atoms with E-state index in [1.807, 2.05) is 0 Å². The highest BCUT2D eigenvalue weighted by molar-refractivity contribution is 7.18. The Kier molecular flexibility index (Phi) is 4.87. The first-order valence-electron chi connectivity index (χ1n) is 7.65. The number of esters is 1. The molecule has 3 rings (SSSR count). The maximum Gasteiger partial charge on any atom is 0.351 e. The van der Waals surface area contributed by atoms with Gasteiger partial charge in [0, 0.05) is 13.1 Å². The largest absolute Gasteiger partial charge is 0.465 e. The first kappa shape index (κ1) is 16.3. The lowest BCUT2D eigenvalue weighted by atomic mass is 9.87. The number of piperidine rings is 1. The van der Waals surface area contributed by atoms with Crippen molar-refractivity contribution < 1.29 is 9.53 Å². The number of nitrogens with zero attached hydrogens (tertiary/aromatic N) is 2. The number of thiazole rings is 1. The molecule has 0 unspecified atom stereocenters. The molecule has 4 nitrogen and oxygen atoms in total. The number of carbonyl (C=O) groups is 1. The fraction of sp³-hybridized carbons (Fsp3) is 0.412. The first-order valence-corrected chi connectivity index (χ1v) is 8.84. The molecule has 2 aromatic rings. The van der Waals surface area contributed by atoms with E-state index in [4.69, 9.17) is 16.3 Å². The second-order valence-electron chi connectivity index (χ2n) is 5.73. The third-order valence-electron chi connectivity index (χ3n) is 4.34. The average Bonchev–Trinajstić information content (AvgIpc) is 2.97.